The highest BCUT2D eigenvalue weighted by atomic mass is 15.3. The summed E-state index contributed by atoms with van der Waals surface area (Å²) in [5, 5.41) is 8.93. The summed E-state index contributed by atoms with van der Waals surface area (Å²) in [7, 11) is 0. The van der Waals surface area contributed by atoms with Crippen molar-refractivity contribution in [1.82, 2.24) is 9.80 Å². The maximum Gasteiger partial charge on any atom is 0.0950 e. The molecular formula is C17H25N3. The van der Waals surface area contributed by atoms with Gasteiger partial charge in [0.15, 0.2) is 0 Å². The molecule has 3 heteroatoms. The van der Waals surface area contributed by atoms with Gasteiger partial charge in [-0.2, -0.15) is 5.26 Å². The van der Waals surface area contributed by atoms with E-state index in [1.165, 1.54) is 31.4 Å². The molecule has 1 saturated heterocycles. The Morgan fingerprint density at radius 3 is 2.45 bits per heavy atom. The van der Waals surface area contributed by atoms with Crippen molar-refractivity contribution in [3.63, 3.8) is 0 Å². The first-order valence-electron chi connectivity index (χ1n) is 7.69. The smallest absolute Gasteiger partial charge is 0.0950 e. The van der Waals surface area contributed by atoms with Crippen LogP contribution in [0.3, 0.4) is 0 Å². The minimum absolute atomic E-state index is 0.0650. The maximum absolute atomic E-state index is 8.93. The van der Waals surface area contributed by atoms with E-state index in [2.05, 4.69) is 46.2 Å². The van der Waals surface area contributed by atoms with E-state index in [-0.39, 0.29) is 6.04 Å². The number of rotatable bonds is 6. The minimum atomic E-state index is 0.0650. The van der Waals surface area contributed by atoms with Crippen LogP contribution in [0.2, 0.25) is 0 Å². The Morgan fingerprint density at radius 2 is 1.80 bits per heavy atom. The zero-order valence-electron chi connectivity index (χ0n) is 12.5. The van der Waals surface area contributed by atoms with Gasteiger partial charge in [-0.25, -0.2) is 0 Å². The summed E-state index contributed by atoms with van der Waals surface area (Å²) in [6.07, 6.45) is 3.72. The third kappa shape index (κ3) is 4.63. The summed E-state index contributed by atoms with van der Waals surface area (Å²) in [6, 6.07) is 13.1. The fraction of sp³-hybridized carbons (Fsp3) is 0.588. The molecule has 0 spiro atoms. The molecule has 108 valence electrons. The monoisotopic (exact) mass is 271 g/mol. The largest absolute Gasteiger partial charge is 0.301 e. The zero-order valence-corrected chi connectivity index (χ0v) is 12.5. The number of hydrogen-bond acceptors (Lipinski definition) is 3. The van der Waals surface area contributed by atoms with Crippen LogP contribution in [0, 0.1) is 11.3 Å². The predicted octanol–water partition coefficient (Wildman–Crippen LogP) is 2.54. The molecule has 1 heterocycles. The molecule has 1 atom stereocenters. The van der Waals surface area contributed by atoms with E-state index in [1.807, 2.05) is 6.92 Å². The van der Waals surface area contributed by atoms with Crippen molar-refractivity contribution in [3.8, 4) is 6.07 Å². The first kappa shape index (κ1) is 15.0. The predicted molar refractivity (Wildman–Crippen MR) is 82.5 cm³/mol. The molecule has 1 aromatic carbocycles. The zero-order chi connectivity index (χ0) is 14.2. The van der Waals surface area contributed by atoms with Gasteiger partial charge in [-0.15, -0.1) is 0 Å². The molecule has 1 unspecified atom stereocenters. The number of piperazine rings is 1. The fourth-order valence-corrected chi connectivity index (χ4v) is 2.77. The van der Waals surface area contributed by atoms with Crippen molar-refractivity contribution >= 4 is 0 Å². The highest BCUT2D eigenvalue weighted by Crippen LogP contribution is 2.09. The van der Waals surface area contributed by atoms with E-state index in [0.717, 1.165) is 26.2 Å². The molecule has 1 fully saturated rings. The molecule has 0 N–H and O–H groups in total. The van der Waals surface area contributed by atoms with Crippen molar-refractivity contribution in [2.75, 3.05) is 32.7 Å². The molecule has 0 aromatic heterocycles. The number of nitriles is 1. The quantitative estimate of drug-likeness (QED) is 0.745. The van der Waals surface area contributed by atoms with Crippen LogP contribution in [0.1, 0.15) is 25.3 Å². The molecule has 1 aromatic rings. The highest BCUT2D eigenvalue weighted by molar-refractivity contribution is 5.14. The molecule has 3 nitrogen and oxygen atoms in total. The minimum Gasteiger partial charge on any atom is -0.301 e. The summed E-state index contributed by atoms with van der Waals surface area (Å²) in [6.45, 7) is 7.48. The van der Waals surface area contributed by atoms with E-state index in [0.29, 0.717) is 0 Å². The first-order valence-corrected chi connectivity index (χ1v) is 7.69. The van der Waals surface area contributed by atoms with E-state index >= 15 is 0 Å². The summed E-state index contributed by atoms with van der Waals surface area (Å²) in [4.78, 5) is 4.81. The van der Waals surface area contributed by atoms with E-state index < -0.39 is 0 Å². The number of hydrogen-bond donors (Lipinski definition) is 0. The summed E-state index contributed by atoms with van der Waals surface area (Å²) in [5.74, 6) is 0. The van der Waals surface area contributed by atoms with Crippen LogP contribution in [0.15, 0.2) is 30.3 Å². The Morgan fingerprint density at radius 1 is 1.10 bits per heavy atom. The van der Waals surface area contributed by atoms with Crippen LogP contribution in [0.25, 0.3) is 0 Å². The average Bonchev–Trinajstić information content (AvgIpc) is 2.52. The summed E-state index contributed by atoms with van der Waals surface area (Å²) < 4.78 is 0. The molecule has 0 bridgehead atoms. The lowest BCUT2D eigenvalue weighted by Crippen LogP contribution is -2.49. The Balaban J connectivity index is 1.59. The van der Waals surface area contributed by atoms with Crippen molar-refractivity contribution < 1.29 is 0 Å². The normalized spacial score (nSPS) is 18.6. The average molecular weight is 271 g/mol. The lowest BCUT2D eigenvalue weighted by atomic mass is 10.1. The molecule has 0 saturated carbocycles. The molecule has 0 amide bonds. The third-order valence-corrected chi connectivity index (χ3v) is 4.17. The number of unbranched alkanes of at least 4 members (excludes halogenated alkanes) is 1. The first-order chi connectivity index (χ1) is 9.79. The molecular weight excluding hydrogens is 246 g/mol. The van der Waals surface area contributed by atoms with E-state index in [1.54, 1.807) is 0 Å². The van der Waals surface area contributed by atoms with Gasteiger partial charge < -0.3 is 4.90 Å². The van der Waals surface area contributed by atoms with E-state index in [9.17, 15) is 0 Å². The molecule has 20 heavy (non-hydrogen) atoms. The van der Waals surface area contributed by atoms with Gasteiger partial charge in [-0.3, -0.25) is 4.90 Å². The molecule has 1 aliphatic rings. The van der Waals surface area contributed by atoms with Gasteiger partial charge in [-0.1, -0.05) is 30.3 Å². The second-order valence-corrected chi connectivity index (χ2v) is 5.63. The molecule has 2 rings (SSSR count). The molecule has 0 aliphatic carbocycles. The van der Waals surface area contributed by atoms with Crippen LogP contribution in [0.5, 0.6) is 0 Å². The lowest BCUT2D eigenvalue weighted by Gasteiger charge is -2.35. The maximum atomic E-state index is 8.93. The Kier molecular flexibility index (Phi) is 6.04. The SMILES string of the molecule is CC(C#N)N1CCN(CCCCc2ccccc2)CC1. The van der Waals surface area contributed by atoms with Crippen LogP contribution in [-0.4, -0.2) is 48.6 Å². The standard InChI is InChI=1S/C17H25N3/c1-16(15-18)20-13-11-19(12-14-20)10-6-5-9-17-7-3-2-4-8-17/h2-4,7-8,16H,5-6,9-14H2,1H3. The van der Waals surface area contributed by atoms with Gasteiger partial charge in [-0.05, 0) is 38.3 Å². The van der Waals surface area contributed by atoms with Gasteiger partial charge in [0.2, 0.25) is 0 Å². The topological polar surface area (TPSA) is 30.3 Å². The Hall–Kier alpha value is -1.37. The third-order valence-electron chi connectivity index (χ3n) is 4.17. The Labute approximate surface area is 122 Å². The second-order valence-electron chi connectivity index (χ2n) is 5.63. The van der Waals surface area contributed by atoms with Crippen molar-refractivity contribution in [2.24, 2.45) is 0 Å². The number of benzene rings is 1. The van der Waals surface area contributed by atoms with Crippen LogP contribution in [-0.2, 0) is 6.42 Å². The van der Waals surface area contributed by atoms with Gasteiger partial charge in [0, 0.05) is 26.2 Å². The van der Waals surface area contributed by atoms with Crippen molar-refractivity contribution in [2.45, 2.75) is 32.2 Å². The van der Waals surface area contributed by atoms with Gasteiger partial charge in [0.1, 0.15) is 0 Å². The number of nitrogens with zero attached hydrogens (tertiary/aromatic N) is 3. The van der Waals surface area contributed by atoms with E-state index in [4.69, 9.17) is 5.26 Å². The van der Waals surface area contributed by atoms with Gasteiger partial charge in [0.05, 0.1) is 12.1 Å². The lowest BCUT2D eigenvalue weighted by molar-refractivity contribution is 0.118. The Bertz CT molecular complexity index is 416. The summed E-state index contributed by atoms with van der Waals surface area (Å²) >= 11 is 0. The van der Waals surface area contributed by atoms with Crippen LogP contribution < -0.4 is 0 Å². The van der Waals surface area contributed by atoms with Crippen molar-refractivity contribution in [3.05, 3.63) is 35.9 Å². The fourth-order valence-electron chi connectivity index (χ4n) is 2.77. The molecule has 0 radical (unpaired) electrons. The van der Waals surface area contributed by atoms with Gasteiger partial charge in [0.25, 0.3) is 0 Å². The van der Waals surface area contributed by atoms with Crippen molar-refractivity contribution in [1.29, 1.82) is 5.26 Å². The molecule has 1 aliphatic heterocycles. The highest BCUT2D eigenvalue weighted by Gasteiger charge is 2.19. The second kappa shape index (κ2) is 8.04. The number of aryl methyl sites for hydroxylation is 1. The van der Waals surface area contributed by atoms with Crippen LogP contribution in [0.4, 0.5) is 0 Å². The van der Waals surface area contributed by atoms with Crippen LogP contribution >= 0.6 is 0 Å². The summed E-state index contributed by atoms with van der Waals surface area (Å²) in [5.41, 5.74) is 1.44. The van der Waals surface area contributed by atoms with Gasteiger partial charge >= 0.3 is 0 Å².